The van der Waals surface area contributed by atoms with E-state index in [0.29, 0.717) is 5.69 Å². The molecule has 0 atom stereocenters. The molecule has 2 heterocycles. The van der Waals surface area contributed by atoms with Gasteiger partial charge in [-0.3, -0.25) is 0 Å². The van der Waals surface area contributed by atoms with Crippen LogP contribution in [0.5, 0.6) is 0 Å². The maximum Gasteiger partial charge on any atom is 0.223 e. The van der Waals surface area contributed by atoms with Gasteiger partial charge >= 0.3 is 0 Å². The molecule has 6 N–H and O–H groups in total. The second kappa shape index (κ2) is 7.28. The molecule has 0 spiro atoms. The molecule has 1 aromatic heterocycles. The Hall–Kier alpha value is -2.65. The predicted octanol–water partition coefficient (Wildman–Crippen LogP) is 0.866. The van der Waals surface area contributed by atoms with E-state index in [1.807, 2.05) is 24.3 Å². The summed E-state index contributed by atoms with van der Waals surface area (Å²) < 4.78 is 5.37. The molecule has 0 saturated carbocycles. The summed E-state index contributed by atoms with van der Waals surface area (Å²) in [6, 6.07) is 7.58. The van der Waals surface area contributed by atoms with Crippen molar-refractivity contribution in [2.45, 2.75) is 0 Å². The van der Waals surface area contributed by atoms with E-state index in [-0.39, 0.29) is 11.9 Å². The largest absolute Gasteiger partial charge is 0.378 e. The van der Waals surface area contributed by atoms with Gasteiger partial charge in [0.25, 0.3) is 0 Å². The van der Waals surface area contributed by atoms with E-state index in [0.717, 1.165) is 42.7 Å². The number of hydrogen-bond donors (Lipinski definition) is 3. The minimum atomic E-state index is -0.119. The topological polar surface area (TPSA) is 128 Å². The number of guanidine groups is 2. The molecule has 1 aromatic carbocycles. The molecular weight excluding hydrogens is 326 g/mol. The normalized spacial score (nSPS) is 15.3. The number of hydrogen-bond acceptors (Lipinski definition) is 5. The molecule has 0 bridgehead atoms. The van der Waals surface area contributed by atoms with Gasteiger partial charge in [0.05, 0.1) is 24.6 Å². The quantitative estimate of drug-likeness (QED) is 0.559. The van der Waals surface area contributed by atoms with Crippen LogP contribution in [0.2, 0.25) is 0 Å². The van der Waals surface area contributed by atoms with Crippen molar-refractivity contribution in [1.82, 2.24) is 4.98 Å². The first kappa shape index (κ1) is 16.2. The third-order valence-electron chi connectivity index (χ3n) is 3.42. The van der Waals surface area contributed by atoms with E-state index in [4.69, 9.17) is 26.9 Å². The Morgan fingerprint density at radius 3 is 2.50 bits per heavy atom. The lowest BCUT2D eigenvalue weighted by Gasteiger charge is -2.26. The number of benzene rings is 1. The van der Waals surface area contributed by atoms with Gasteiger partial charge in [-0.05, 0) is 12.1 Å². The molecule has 126 valence electrons. The van der Waals surface area contributed by atoms with Crippen LogP contribution < -0.4 is 22.1 Å². The second-order valence-corrected chi connectivity index (χ2v) is 6.00. The number of aliphatic imine (C=N–C) groups is 2. The standard InChI is InChI=1S/C15H19N7OS/c16-13(17)21-14(18)19-11-3-1-10(2-4-11)12-9-24-15(20-12)22-5-7-23-8-6-22/h1-4,9H,5-8H2,(H6,16,17,18,19,21). The summed E-state index contributed by atoms with van der Waals surface area (Å²) in [5.74, 6) is -0.100. The van der Waals surface area contributed by atoms with Gasteiger partial charge in [0, 0.05) is 24.0 Å². The smallest absolute Gasteiger partial charge is 0.223 e. The molecule has 8 nitrogen and oxygen atoms in total. The number of anilines is 1. The van der Waals surface area contributed by atoms with Crippen LogP contribution in [0.4, 0.5) is 10.8 Å². The maximum atomic E-state index is 5.62. The molecule has 0 unspecified atom stereocenters. The summed E-state index contributed by atoms with van der Waals surface area (Å²) in [5.41, 5.74) is 18.8. The molecule has 1 aliphatic rings. The fraction of sp³-hybridized carbons (Fsp3) is 0.267. The number of morpholine rings is 1. The highest BCUT2D eigenvalue weighted by Crippen LogP contribution is 2.29. The first-order valence-electron chi connectivity index (χ1n) is 7.44. The van der Waals surface area contributed by atoms with E-state index in [1.54, 1.807) is 11.3 Å². The summed E-state index contributed by atoms with van der Waals surface area (Å²) in [5, 5.41) is 3.07. The van der Waals surface area contributed by atoms with E-state index in [2.05, 4.69) is 20.3 Å². The van der Waals surface area contributed by atoms with Crippen molar-refractivity contribution in [2.24, 2.45) is 27.2 Å². The van der Waals surface area contributed by atoms with E-state index in [9.17, 15) is 0 Å². The summed E-state index contributed by atoms with van der Waals surface area (Å²) in [6.45, 7) is 3.26. The van der Waals surface area contributed by atoms with Crippen molar-refractivity contribution in [3.8, 4) is 11.3 Å². The molecule has 3 rings (SSSR count). The van der Waals surface area contributed by atoms with Crippen LogP contribution in [-0.4, -0.2) is 43.2 Å². The predicted molar refractivity (Wildman–Crippen MR) is 97.7 cm³/mol. The van der Waals surface area contributed by atoms with Gasteiger partial charge in [-0.25, -0.2) is 9.98 Å². The van der Waals surface area contributed by atoms with E-state index in [1.165, 1.54) is 0 Å². The lowest BCUT2D eigenvalue weighted by atomic mass is 10.1. The molecule has 1 aliphatic heterocycles. The number of aromatic nitrogens is 1. The zero-order chi connectivity index (χ0) is 16.9. The molecular formula is C15H19N7OS. The molecule has 0 amide bonds. The number of ether oxygens (including phenoxy) is 1. The molecule has 0 radical (unpaired) electrons. The minimum Gasteiger partial charge on any atom is -0.378 e. The molecule has 1 saturated heterocycles. The lowest BCUT2D eigenvalue weighted by molar-refractivity contribution is 0.122. The Kier molecular flexibility index (Phi) is 4.92. The van der Waals surface area contributed by atoms with Gasteiger partial charge in [0.1, 0.15) is 0 Å². The van der Waals surface area contributed by atoms with Crippen molar-refractivity contribution >= 4 is 34.1 Å². The highest BCUT2D eigenvalue weighted by Gasteiger charge is 2.15. The van der Waals surface area contributed by atoms with Gasteiger partial charge in [-0.1, -0.05) is 12.1 Å². The summed E-state index contributed by atoms with van der Waals surface area (Å²) in [4.78, 5) is 14.8. The fourth-order valence-corrected chi connectivity index (χ4v) is 3.18. The Bertz CT molecular complexity index is 743. The monoisotopic (exact) mass is 345 g/mol. The average Bonchev–Trinajstić information content (AvgIpc) is 3.05. The fourth-order valence-electron chi connectivity index (χ4n) is 2.29. The summed E-state index contributed by atoms with van der Waals surface area (Å²) in [7, 11) is 0. The second-order valence-electron chi connectivity index (χ2n) is 5.17. The third kappa shape index (κ3) is 4.00. The zero-order valence-corrected chi connectivity index (χ0v) is 13.9. The van der Waals surface area contributed by atoms with E-state index >= 15 is 0 Å². The highest BCUT2D eigenvalue weighted by molar-refractivity contribution is 7.14. The molecule has 2 aromatic rings. The van der Waals surface area contributed by atoms with Crippen molar-refractivity contribution in [2.75, 3.05) is 31.2 Å². The van der Waals surface area contributed by atoms with Gasteiger partial charge in [-0.2, -0.15) is 4.99 Å². The summed E-state index contributed by atoms with van der Waals surface area (Å²) in [6.07, 6.45) is 0. The number of thiazole rings is 1. The van der Waals surface area contributed by atoms with Crippen molar-refractivity contribution < 1.29 is 4.74 Å². The van der Waals surface area contributed by atoms with Crippen LogP contribution in [0.3, 0.4) is 0 Å². The van der Waals surface area contributed by atoms with Gasteiger partial charge in [0.15, 0.2) is 11.1 Å². The van der Waals surface area contributed by atoms with Gasteiger partial charge in [0.2, 0.25) is 5.96 Å². The Labute approximate surface area is 143 Å². The van der Waals surface area contributed by atoms with E-state index < -0.39 is 0 Å². The molecule has 9 heteroatoms. The minimum absolute atomic E-state index is 0.0195. The number of nitrogens with two attached hydrogens (primary N) is 3. The highest BCUT2D eigenvalue weighted by atomic mass is 32.1. The van der Waals surface area contributed by atoms with Crippen molar-refractivity contribution in [3.63, 3.8) is 0 Å². The van der Waals surface area contributed by atoms with Crippen LogP contribution in [0.1, 0.15) is 0 Å². The van der Waals surface area contributed by atoms with Crippen molar-refractivity contribution in [3.05, 3.63) is 29.6 Å². The van der Waals surface area contributed by atoms with Crippen LogP contribution in [-0.2, 0) is 4.74 Å². The first-order valence-corrected chi connectivity index (χ1v) is 8.32. The van der Waals surface area contributed by atoms with Crippen LogP contribution in [0.15, 0.2) is 39.6 Å². The van der Waals surface area contributed by atoms with Crippen LogP contribution in [0, 0.1) is 0 Å². The Balaban J connectivity index is 1.74. The van der Waals surface area contributed by atoms with Gasteiger partial charge < -0.3 is 26.8 Å². The van der Waals surface area contributed by atoms with Gasteiger partial charge in [-0.15, -0.1) is 11.3 Å². The SMILES string of the molecule is NC(N)=NC(N)=Nc1ccc(-c2csc(N3CCOCC3)n2)cc1. The number of rotatable bonds is 3. The maximum absolute atomic E-state index is 5.62. The Morgan fingerprint density at radius 2 is 1.83 bits per heavy atom. The molecule has 24 heavy (non-hydrogen) atoms. The lowest BCUT2D eigenvalue weighted by Crippen LogP contribution is -2.36. The summed E-state index contributed by atoms with van der Waals surface area (Å²) >= 11 is 1.64. The first-order chi connectivity index (χ1) is 11.6. The van der Waals surface area contributed by atoms with Crippen molar-refractivity contribution in [1.29, 1.82) is 0 Å². The van der Waals surface area contributed by atoms with Crippen LogP contribution >= 0.6 is 11.3 Å². The van der Waals surface area contributed by atoms with Crippen LogP contribution in [0.25, 0.3) is 11.3 Å². The zero-order valence-electron chi connectivity index (χ0n) is 13.1. The Morgan fingerprint density at radius 1 is 1.12 bits per heavy atom. The molecule has 1 fully saturated rings. The number of nitrogens with zero attached hydrogens (tertiary/aromatic N) is 4. The molecule has 0 aliphatic carbocycles. The average molecular weight is 345 g/mol. The third-order valence-corrected chi connectivity index (χ3v) is 4.33.